The van der Waals surface area contributed by atoms with Crippen molar-refractivity contribution in [1.29, 1.82) is 0 Å². The molecule has 7 nitrogen and oxygen atoms in total. The Bertz CT molecular complexity index is 1340. The van der Waals surface area contributed by atoms with E-state index in [1.165, 1.54) is 11.6 Å². The van der Waals surface area contributed by atoms with Crippen LogP contribution in [0.25, 0.3) is 10.9 Å². The van der Waals surface area contributed by atoms with Crippen LogP contribution in [-0.2, 0) is 9.53 Å². The lowest BCUT2D eigenvalue weighted by Crippen LogP contribution is -2.42. The Morgan fingerprint density at radius 1 is 1.11 bits per heavy atom. The lowest BCUT2D eigenvalue weighted by Gasteiger charge is -2.35. The number of carbonyl (C=O) groups excluding carboxylic acids is 1. The fourth-order valence-corrected chi connectivity index (χ4v) is 4.66. The molecule has 2 aromatic carbocycles. The van der Waals surface area contributed by atoms with Gasteiger partial charge in [0.05, 0.1) is 35.4 Å². The Labute approximate surface area is 211 Å². The van der Waals surface area contributed by atoms with Crippen LogP contribution in [0.3, 0.4) is 0 Å². The first-order valence-corrected chi connectivity index (χ1v) is 12.4. The molecule has 3 heterocycles. The largest absolute Gasteiger partial charge is 0.383 e. The van der Waals surface area contributed by atoms with Gasteiger partial charge in [-0.3, -0.25) is 19.8 Å². The summed E-state index contributed by atoms with van der Waals surface area (Å²) in [4.78, 5) is 29.8. The zero-order valence-electron chi connectivity index (χ0n) is 20.8. The molecule has 0 unspecified atom stereocenters. The molecule has 1 amide bonds. The molecule has 5 rings (SSSR count). The molecular weight excluding hydrogens is 450 g/mol. The van der Waals surface area contributed by atoms with Crippen LogP contribution in [0.4, 0.5) is 5.69 Å². The Kier molecular flexibility index (Phi) is 7.02. The molecule has 0 radical (unpaired) electrons. The molecule has 1 fully saturated rings. The van der Waals surface area contributed by atoms with Gasteiger partial charge in [0.25, 0.3) is 0 Å². The van der Waals surface area contributed by atoms with E-state index in [0.717, 1.165) is 67.0 Å². The zero-order chi connectivity index (χ0) is 25.0. The van der Waals surface area contributed by atoms with Gasteiger partial charge in [-0.15, -0.1) is 0 Å². The number of aryl methyl sites for hydroxylation is 1. The summed E-state index contributed by atoms with van der Waals surface area (Å²) in [7, 11) is 1.73. The molecule has 1 spiro atoms. The van der Waals surface area contributed by atoms with Crippen molar-refractivity contribution in [3.05, 3.63) is 84.1 Å². The first-order valence-electron chi connectivity index (χ1n) is 12.4. The van der Waals surface area contributed by atoms with Crippen LogP contribution >= 0.6 is 0 Å². The molecule has 1 saturated heterocycles. The maximum atomic E-state index is 12.8. The lowest BCUT2D eigenvalue weighted by atomic mass is 9.98. The fourth-order valence-electron chi connectivity index (χ4n) is 4.66. The van der Waals surface area contributed by atoms with Crippen molar-refractivity contribution in [3.63, 3.8) is 0 Å². The number of amides is 1. The van der Waals surface area contributed by atoms with Crippen LogP contribution in [0.15, 0.2) is 82.9 Å². The van der Waals surface area contributed by atoms with Gasteiger partial charge in [0.1, 0.15) is 0 Å². The van der Waals surface area contributed by atoms with Gasteiger partial charge < -0.3 is 15.0 Å². The highest BCUT2D eigenvalue weighted by molar-refractivity contribution is 6.53. The van der Waals surface area contributed by atoms with Crippen molar-refractivity contribution in [1.82, 2.24) is 9.88 Å². The van der Waals surface area contributed by atoms with Gasteiger partial charge in [-0.05, 0) is 25.1 Å². The van der Waals surface area contributed by atoms with Crippen LogP contribution in [-0.4, -0.2) is 66.2 Å². The minimum Gasteiger partial charge on any atom is -0.383 e. The third kappa shape index (κ3) is 5.42. The quantitative estimate of drug-likeness (QED) is 0.507. The molecule has 3 aromatic rings. The second-order valence-corrected chi connectivity index (χ2v) is 9.38. The summed E-state index contributed by atoms with van der Waals surface area (Å²) in [6.07, 6.45) is 6.68. The number of benzene rings is 2. The van der Waals surface area contributed by atoms with Gasteiger partial charge in [0, 0.05) is 56.6 Å². The van der Waals surface area contributed by atoms with Crippen LogP contribution in [0.5, 0.6) is 0 Å². The van der Waals surface area contributed by atoms with E-state index in [0.29, 0.717) is 5.69 Å². The minimum absolute atomic E-state index is 0.228. The number of hydrogen-bond acceptors (Lipinski definition) is 6. The Morgan fingerprint density at radius 2 is 1.89 bits per heavy atom. The number of anilines is 1. The first-order chi connectivity index (χ1) is 17.5. The third-order valence-electron chi connectivity index (χ3n) is 6.74. The number of carbonyl (C=O) groups is 1. The molecule has 7 heteroatoms. The van der Waals surface area contributed by atoms with E-state index in [4.69, 9.17) is 14.7 Å². The number of rotatable bonds is 7. The predicted octanol–water partition coefficient (Wildman–Crippen LogP) is 4.42. The van der Waals surface area contributed by atoms with E-state index >= 15 is 0 Å². The Hall–Kier alpha value is -3.68. The summed E-state index contributed by atoms with van der Waals surface area (Å²) in [6.45, 7) is 5.55. The maximum Gasteiger partial charge on any atom is 0.248 e. The summed E-state index contributed by atoms with van der Waals surface area (Å²) < 4.78 is 5.23. The highest BCUT2D eigenvalue weighted by Gasteiger charge is 2.38. The summed E-state index contributed by atoms with van der Waals surface area (Å²) in [5.74, 6) is -0.228. The summed E-state index contributed by atoms with van der Waals surface area (Å²) >= 11 is 0. The molecule has 1 N–H and O–H groups in total. The average Bonchev–Trinajstić information content (AvgIpc) is 3.25. The second kappa shape index (κ2) is 10.5. The van der Waals surface area contributed by atoms with Gasteiger partial charge >= 0.3 is 0 Å². The molecule has 0 bridgehead atoms. The number of aromatic nitrogens is 1. The highest BCUT2D eigenvalue weighted by atomic mass is 16.5. The Balaban J connectivity index is 1.35. The monoisotopic (exact) mass is 481 g/mol. The van der Waals surface area contributed by atoms with Gasteiger partial charge in [-0.25, -0.2) is 0 Å². The van der Waals surface area contributed by atoms with Crippen molar-refractivity contribution < 1.29 is 9.53 Å². The van der Waals surface area contributed by atoms with Crippen LogP contribution in [0.2, 0.25) is 0 Å². The van der Waals surface area contributed by atoms with Crippen LogP contribution in [0.1, 0.15) is 24.0 Å². The number of nitrogens with one attached hydrogen (secondary N) is 1. The van der Waals surface area contributed by atoms with Crippen molar-refractivity contribution >= 4 is 33.9 Å². The Morgan fingerprint density at radius 3 is 2.67 bits per heavy atom. The van der Waals surface area contributed by atoms with E-state index in [2.05, 4.69) is 46.4 Å². The average molecular weight is 482 g/mol. The number of nitrogens with zero attached hydrogens (tertiary/aromatic N) is 4. The first kappa shape index (κ1) is 24.0. The van der Waals surface area contributed by atoms with Crippen molar-refractivity contribution in [2.45, 2.75) is 25.4 Å². The predicted molar refractivity (Wildman–Crippen MR) is 145 cm³/mol. The smallest absolute Gasteiger partial charge is 0.248 e. The maximum absolute atomic E-state index is 12.8. The molecule has 2 aliphatic rings. The molecule has 2 aliphatic heterocycles. The molecule has 0 saturated carbocycles. The topological polar surface area (TPSA) is 79.2 Å². The number of pyridine rings is 1. The second-order valence-electron chi connectivity index (χ2n) is 9.38. The molecular formula is C29H31N5O2. The van der Waals surface area contributed by atoms with Gasteiger partial charge in [0.2, 0.25) is 5.91 Å². The number of methoxy groups -OCH3 is 1. The zero-order valence-corrected chi connectivity index (χ0v) is 20.8. The van der Waals surface area contributed by atoms with E-state index in [1.807, 2.05) is 30.3 Å². The lowest BCUT2D eigenvalue weighted by molar-refractivity contribution is -0.111. The van der Waals surface area contributed by atoms with Crippen molar-refractivity contribution in [3.8, 4) is 0 Å². The molecule has 0 aliphatic carbocycles. The number of para-hydroxylation sites is 1. The van der Waals surface area contributed by atoms with Gasteiger partial charge in [-0.1, -0.05) is 48.0 Å². The number of likely N-dealkylation sites (tertiary alicyclic amines) is 1. The van der Waals surface area contributed by atoms with E-state index < -0.39 is 5.66 Å². The van der Waals surface area contributed by atoms with E-state index in [-0.39, 0.29) is 5.91 Å². The van der Waals surface area contributed by atoms with E-state index in [1.54, 1.807) is 19.4 Å². The van der Waals surface area contributed by atoms with Crippen LogP contribution in [0, 0.1) is 6.92 Å². The number of hydrogen-bond donors (Lipinski definition) is 1. The molecule has 1 aromatic heterocycles. The third-order valence-corrected chi connectivity index (χ3v) is 6.74. The summed E-state index contributed by atoms with van der Waals surface area (Å²) in [5, 5.41) is 3.89. The van der Waals surface area contributed by atoms with Crippen molar-refractivity contribution in [2.24, 2.45) is 9.98 Å². The molecule has 36 heavy (non-hydrogen) atoms. The van der Waals surface area contributed by atoms with Gasteiger partial charge in [-0.2, -0.15) is 0 Å². The highest BCUT2D eigenvalue weighted by Crippen LogP contribution is 2.33. The van der Waals surface area contributed by atoms with Crippen molar-refractivity contribution in [2.75, 3.05) is 38.7 Å². The summed E-state index contributed by atoms with van der Waals surface area (Å²) in [5.41, 5.74) is 4.88. The normalized spacial score (nSPS) is 17.5. The summed E-state index contributed by atoms with van der Waals surface area (Å²) in [6, 6.07) is 18.1. The number of piperidine rings is 1. The molecule has 0 atom stereocenters. The van der Waals surface area contributed by atoms with Crippen LogP contribution < -0.4 is 5.32 Å². The van der Waals surface area contributed by atoms with E-state index in [9.17, 15) is 4.79 Å². The minimum atomic E-state index is -0.470. The van der Waals surface area contributed by atoms with Gasteiger partial charge in [0.15, 0.2) is 5.66 Å². The number of fused-ring (bicyclic) bond motifs is 1. The SMILES string of the molecule is COCCN1CCC2(CC1)N=C(C=CC(=O)Nc1cnc3ccccc3c1)C(c1ccc(C)cc1)=N2. The molecule has 184 valence electrons. The number of allylic oxidation sites excluding steroid dienone is 1. The number of aliphatic imine (C=N–C) groups is 2. The standard InChI is InChI=1S/C29H31N5O2/c1-21-7-9-22(10-8-21)28-26(32-29(33-28)13-15-34(16-14-29)17-18-36-2)11-12-27(35)31-24-19-23-5-3-4-6-25(23)30-20-24/h3-12,19-20H,13-18H2,1-2H3,(H,31,35). The number of ether oxygens (including phenoxy) is 1. The fraction of sp³-hybridized carbons (Fsp3) is 0.310.